The molecule has 0 radical (unpaired) electrons. The molecule has 0 aromatic heterocycles. The van der Waals surface area contributed by atoms with Crippen LogP contribution >= 0.6 is 20.4 Å². The van der Waals surface area contributed by atoms with Gasteiger partial charge < -0.3 is 63.7 Å². The van der Waals surface area contributed by atoms with E-state index in [-0.39, 0.29) is 145 Å². The number of nitrogens with zero attached hydrogens (tertiary/aromatic N) is 1. The van der Waals surface area contributed by atoms with E-state index in [2.05, 4.69) is 170 Å². The SMILES string of the molecule is C.C.C.C.C.C.C.C.C.C.C[SiH](O[Si](C)(C)C)O[Si](C)(C)C.C[SiH](O[Si](C)(C)C)O[Si](C)(CCOCC1CO1)O[Si](C)(C)C.O=S(=O)([O-])PCS.[CH2-]CCN(C)C(O)COCC[Si](C)(O[SiH](C)O[Si](C)(C)C)O[Si](C)(C)C.[Na+].[Na+]. The first-order valence-corrected chi connectivity index (χ1v) is 59.2. The van der Waals surface area contributed by atoms with Gasteiger partial charge in [-0.15, -0.1) is 0 Å². The number of ether oxygens (including phenoxy) is 3. The van der Waals surface area contributed by atoms with Crippen LogP contribution in [-0.2, 0) is 56.9 Å². The number of likely N-dealkylation sites (N-methyl/N-ethyl adjacent to an activating group) is 1. The molecular weight excluding hydrogens is 1270 g/mol. The normalized spacial score (nSPS) is 15.7. The number of hydrogen-bond donors (Lipinski definition) is 2. The Hall–Kier alpha value is 4.56. The van der Waals surface area contributed by atoms with Gasteiger partial charge in [-0.1, -0.05) is 74.3 Å². The molecule has 1 fully saturated rings. The first-order chi connectivity index (χ1) is 29.7. The van der Waals surface area contributed by atoms with E-state index in [9.17, 15) is 18.1 Å². The summed E-state index contributed by atoms with van der Waals surface area (Å²) in [6.45, 7) is 57.9. The van der Waals surface area contributed by atoms with E-state index in [0.29, 0.717) is 25.9 Å². The molecule has 16 nitrogen and oxygen atoms in total. The molecule has 0 aromatic carbocycles. The van der Waals surface area contributed by atoms with Gasteiger partial charge in [0, 0.05) is 38.6 Å². The van der Waals surface area contributed by atoms with Gasteiger partial charge in [-0.25, -0.2) is 8.42 Å². The van der Waals surface area contributed by atoms with E-state index in [1.807, 2.05) is 11.9 Å². The fraction of sp³-hybridized carbons (Fsp3) is 0.979. The summed E-state index contributed by atoms with van der Waals surface area (Å²) in [5, 5.41) is 10.1. The maximum atomic E-state index is 10.1. The van der Waals surface area contributed by atoms with Crippen LogP contribution in [0.15, 0.2) is 0 Å². The Bertz CT molecular complexity index is 1410. The van der Waals surface area contributed by atoms with Crippen LogP contribution in [-0.4, -0.2) is 182 Å². The molecule has 79 heavy (non-hydrogen) atoms. The number of thiol groups is 1. The van der Waals surface area contributed by atoms with Gasteiger partial charge >= 0.3 is 76.2 Å². The van der Waals surface area contributed by atoms with Crippen molar-refractivity contribution >= 4 is 125 Å². The van der Waals surface area contributed by atoms with Crippen molar-refractivity contribution in [2.24, 2.45) is 0 Å². The van der Waals surface area contributed by atoms with Gasteiger partial charge in [0.15, 0.2) is 49.9 Å². The first kappa shape index (κ1) is 121. The van der Waals surface area contributed by atoms with Crippen LogP contribution in [0.3, 0.4) is 0 Å². The van der Waals surface area contributed by atoms with Crippen LogP contribution < -0.4 is 59.1 Å². The second kappa shape index (κ2) is 56.5. The Balaban J connectivity index is -0.0000000544. The number of aliphatic hydroxyl groups is 1. The third-order valence-corrected chi connectivity index (χ3v) is 44.5. The Labute approximate surface area is 563 Å². The Morgan fingerprint density at radius 3 is 1.09 bits per heavy atom. The van der Waals surface area contributed by atoms with Gasteiger partial charge in [0.1, 0.15) is 22.1 Å². The topological polar surface area (TPSA) is 185 Å². The zero-order valence-corrected chi connectivity index (χ0v) is 66.8. The van der Waals surface area contributed by atoms with E-state index in [1.54, 1.807) is 0 Å². The molecule has 0 spiro atoms. The predicted octanol–water partition coefficient (Wildman–Crippen LogP) is 9.08. The van der Waals surface area contributed by atoms with Crippen molar-refractivity contribution in [2.45, 2.75) is 256 Å². The summed E-state index contributed by atoms with van der Waals surface area (Å²) < 4.78 is 95.4. The van der Waals surface area contributed by atoms with Crippen LogP contribution in [0.25, 0.3) is 0 Å². The largest absolute Gasteiger partial charge is 1.00 e. The van der Waals surface area contributed by atoms with Gasteiger partial charge in [-0.3, -0.25) is 4.90 Å². The molecule has 7 unspecified atom stereocenters. The fourth-order valence-electron chi connectivity index (χ4n) is 6.02. The molecule has 0 saturated carbocycles. The van der Waals surface area contributed by atoms with Gasteiger partial charge in [-0.05, 0) is 164 Å². The smallest absolute Gasteiger partial charge is 0.745 e. The minimum Gasteiger partial charge on any atom is -0.745 e. The van der Waals surface area contributed by atoms with E-state index < -0.39 is 119 Å². The molecule has 1 aliphatic heterocycles. The maximum Gasteiger partial charge on any atom is 1.00 e. The van der Waals surface area contributed by atoms with Crippen molar-refractivity contribution in [1.29, 1.82) is 0 Å². The maximum absolute atomic E-state index is 10.1. The van der Waals surface area contributed by atoms with E-state index in [0.717, 1.165) is 31.7 Å². The summed E-state index contributed by atoms with van der Waals surface area (Å²) in [6.07, 6.45) is 0.470. The Morgan fingerprint density at radius 2 is 0.873 bits per heavy atom. The molecule has 0 aliphatic carbocycles. The Morgan fingerprint density at radius 1 is 0.595 bits per heavy atom. The van der Waals surface area contributed by atoms with Crippen LogP contribution in [0.2, 0.25) is 163 Å². The molecule has 1 aliphatic rings. The van der Waals surface area contributed by atoms with Gasteiger partial charge in [0.05, 0.1) is 19.8 Å². The predicted molar refractivity (Wildman–Crippen MR) is 380 cm³/mol. The average molecular weight is 1410 g/mol. The van der Waals surface area contributed by atoms with Crippen molar-refractivity contribution in [2.75, 3.05) is 52.1 Å². The molecule has 1 heterocycles. The molecule has 488 valence electrons. The Kier molecular flexibility index (Phi) is 86.7. The number of epoxide rings is 1. The molecule has 7 atom stereocenters. The monoisotopic (exact) mass is 1410 g/mol. The number of aliphatic hydroxyl groups excluding tert-OH is 1. The van der Waals surface area contributed by atoms with Gasteiger partial charge in [0.25, 0.3) is 27.9 Å². The van der Waals surface area contributed by atoms with Crippen LogP contribution in [0, 0.1) is 6.92 Å². The van der Waals surface area contributed by atoms with E-state index in [4.69, 9.17) is 47.1 Å². The number of rotatable bonds is 31. The number of hydrogen-bond acceptors (Lipinski definition) is 17. The summed E-state index contributed by atoms with van der Waals surface area (Å²) in [4.78, 5) is 1.84. The van der Waals surface area contributed by atoms with Crippen LogP contribution in [0.5, 0.6) is 0 Å². The zero-order valence-electron chi connectivity index (χ0n) is 48.6. The van der Waals surface area contributed by atoms with Crippen molar-refractivity contribution in [1.82, 2.24) is 4.90 Å². The molecule has 1 rings (SSSR count). The first-order valence-electron chi connectivity index (χ1n) is 23.5. The molecule has 32 heteroatoms. The van der Waals surface area contributed by atoms with Gasteiger partial charge in [-0.2, -0.15) is 19.0 Å². The van der Waals surface area contributed by atoms with Crippen molar-refractivity contribution in [3.8, 4) is 0 Å². The molecule has 1 N–H and O–H groups in total. The molecule has 0 aromatic rings. The molecular formula is C47H142NNa2O15PS2Si11. The van der Waals surface area contributed by atoms with Crippen LogP contribution in [0.4, 0.5) is 0 Å². The molecule has 0 bridgehead atoms. The second-order valence-corrected chi connectivity index (χ2v) is 69.1. The van der Waals surface area contributed by atoms with Crippen molar-refractivity contribution in [3.05, 3.63) is 6.92 Å². The van der Waals surface area contributed by atoms with Crippen LogP contribution in [0.1, 0.15) is 80.7 Å². The van der Waals surface area contributed by atoms with E-state index in [1.165, 1.54) is 0 Å². The minimum absolute atomic E-state index is 0. The summed E-state index contributed by atoms with van der Waals surface area (Å²) in [7, 11) is -21.3. The summed E-state index contributed by atoms with van der Waals surface area (Å²) in [5.41, 5.74) is 0.131. The summed E-state index contributed by atoms with van der Waals surface area (Å²) in [6, 6.07) is 1.60. The summed E-state index contributed by atoms with van der Waals surface area (Å²) >= 11 is 3.55. The molecule has 1 saturated heterocycles. The fourth-order valence-corrected chi connectivity index (χ4v) is 45.9. The third kappa shape index (κ3) is 91.4. The zero-order chi connectivity index (χ0) is 53.5. The van der Waals surface area contributed by atoms with Crippen molar-refractivity contribution < 1.29 is 124 Å². The minimum atomic E-state index is -3.97. The van der Waals surface area contributed by atoms with Crippen molar-refractivity contribution in [3.63, 3.8) is 0 Å². The summed E-state index contributed by atoms with van der Waals surface area (Å²) in [5.74, 6) is 0. The standard InChI is InChI=1S/C16H42NO5Si4.C13H34O5Si4.C7H22O2Si3.CH5O3PS2.10CH4.2Na/c1-11-12-17(2)16(18)15-19-13-14-26(10,22-25(7,8)9)21-23(3)20-24(4,5)6;1-19(16-20(2,3)4)17-22(8,18-21(5,6)7)10-9-14-11-13-12-15-13;1-10(8-11(2,3)4)9-12(5,6)7;2-7(3,4)5-1-6;;;;;;;;;;;;/h16,18,23H,1,11-15H2,2-10H3;13,19H,9-12H2,1-8H3;10H,1-7H3;5-6H,1H2,(H,2,3,4);10*1H4;;/q-1;;;;;;;;;;;;;;2*+1/p-1. The quantitative estimate of drug-likeness (QED) is 0.00978. The van der Waals surface area contributed by atoms with Gasteiger partial charge in [0.2, 0.25) is 0 Å². The average Bonchev–Trinajstić information content (AvgIpc) is 3.84. The van der Waals surface area contributed by atoms with E-state index >= 15 is 0 Å². The third-order valence-electron chi connectivity index (χ3n) is 7.59. The second-order valence-electron chi connectivity index (χ2n) is 22.7. The molecule has 0 amide bonds.